The smallest absolute Gasteiger partial charge is 0.203 e. The van der Waals surface area contributed by atoms with Gasteiger partial charge >= 0.3 is 0 Å². The molecule has 0 spiro atoms. The predicted molar refractivity (Wildman–Crippen MR) is 119 cm³/mol. The Balaban J connectivity index is 1.84. The van der Waals surface area contributed by atoms with E-state index in [-0.39, 0.29) is 6.04 Å². The molecule has 0 saturated heterocycles. The van der Waals surface area contributed by atoms with Gasteiger partial charge in [-0.1, -0.05) is 35.5 Å². The van der Waals surface area contributed by atoms with Crippen LogP contribution in [0.2, 0.25) is 5.02 Å². The molecule has 150 valence electrons. The van der Waals surface area contributed by atoms with Crippen LogP contribution in [0.15, 0.2) is 58.6 Å². The molecule has 7 heteroatoms. The molecule has 29 heavy (non-hydrogen) atoms. The number of ether oxygens (including phenoxy) is 3. The van der Waals surface area contributed by atoms with E-state index in [0.717, 1.165) is 22.0 Å². The van der Waals surface area contributed by atoms with Gasteiger partial charge in [-0.2, -0.15) is 0 Å². The normalized spacial score (nSPS) is 17.9. The number of allylic oxidation sites excluding steroid dienone is 1. The first-order valence-electron chi connectivity index (χ1n) is 9.05. The summed E-state index contributed by atoms with van der Waals surface area (Å²) in [5.74, 6) is 1.83. The van der Waals surface area contributed by atoms with Gasteiger partial charge in [0.25, 0.3) is 0 Å². The van der Waals surface area contributed by atoms with E-state index in [2.05, 4.69) is 24.1 Å². The highest BCUT2D eigenvalue weighted by Crippen LogP contribution is 2.45. The molecule has 1 unspecified atom stereocenters. The minimum atomic E-state index is -0.0631. The number of halogens is 1. The van der Waals surface area contributed by atoms with Crippen LogP contribution in [0.1, 0.15) is 24.1 Å². The van der Waals surface area contributed by atoms with Crippen LogP contribution in [0.25, 0.3) is 5.70 Å². The maximum atomic E-state index is 6.06. The SMILES string of the molecule is COc1cc(C2C=C(c3ccc(Cl)cc3)N=C3SC(C)=CN32)cc(OC)c1OC. The Hall–Kier alpha value is -2.57. The minimum absolute atomic E-state index is 0.0631. The van der Waals surface area contributed by atoms with Crippen molar-refractivity contribution in [2.75, 3.05) is 21.3 Å². The maximum Gasteiger partial charge on any atom is 0.203 e. The van der Waals surface area contributed by atoms with E-state index in [4.69, 9.17) is 30.8 Å². The van der Waals surface area contributed by atoms with Crippen molar-refractivity contribution in [2.24, 2.45) is 4.99 Å². The molecule has 2 aromatic carbocycles. The second-order valence-electron chi connectivity index (χ2n) is 6.61. The quantitative estimate of drug-likeness (QED) is 0.608. The lowest BCUT2D eigenvalue weighted by molar-refractivity contribution is 0.322. The Labute approximate surface area is 179 Å². The summed E-state index contributed by atoms with van der Waals surface area (Å²) in [6.45, 7) is 2.08. The third kappa shape index (κ3) is 3.70. The average molecular weight is 429 g/mol. The largest absolute Gasteiger partial charge is 0.493 e. The standard InChI is InChI=1S/C22H21ClN2O3S/c1-13-12-25-18(15-9-19(26-2)21(28-4)20(10-15)27-3)11-17(24-22(25)29-13)14-5-7-16(23)8-6-14/h5-12,18H,1-4H3. The zero-order chi connectivity index (χ0) is 20.5. The van der Waals surface area contributed by atoms with Crippen LogP contribution in [-0.4, -0.2) is 31.4 Å². The van der Waals surface area contributed by atoms with Crippen molar-refractivity contribution in [3.8, 4) is 17.2 Å². The van der Waals surface area contributed by atoms with E-state index in [1.807, 2.05) is 36.4 Å². The minimum Gasteiger partial charge on any atom is -0.493 e. The Morgan fingerprint density at radius 3 is 2.24 bits per heavy atom. The Morgan fingerprint density at radius 1 is 1.00 bits per heavy atom. The number of aliphatic imine (C=N–C) groups is 1. The highest BCUT2D eigenvalue weighted by molar-refractivity contribution is 8.17. The van der Waals surface area contributed by atoms with E-state index in [1.54, 1.807) is 33.1 Å². The van der Waals surface area contributed by atoms with Crippen molar-refractivity contribution in [2.45, 2.75) is 13.0 Å². The lowest BCUT2D eigenvalue weighted by Crippen LogP contribution is -2.27. The summed E-state index contributed by atoms with van der Waals surface area (Å²) in [4.78, 5) is 8.23. The lowest BCUT2D eigenvalue weighted by Gasteiger charge is -2.30. The van der Waals surface area contributed by atoms with Crippen LogP contribution in [0, 0.1) is 0 Å². The number of hydrogen-bond donors (Lipinski definition) is 0. The van der Waals surface area contributed by atoms with Crippen molar-refractivity contribution < 1.29 is 14.2 Å². The Bertz CT molecular complexity index is 1010. The number of hydrogen-bond acceptors (Lipinski definition) is 6. The molecule has 0 bridgehead atoms. The first-order chi connectivity index (χ1) is 14.0. The van der Waals surface area contributed by atoms with Gasteiger partial charge in [0.05, 0.1) is 33.1 Å². The molecule has 2 heterocycles. The molecular weight excluding hydrogens is 408 g/mol. The summed E-state index contributed by atoms with van der Waals surface area (Å²) in [6, 6.07) is 11.6. The molecule has 0 aliphatic carbocycles. The molecule has 5 nitrogen and oxygen atoms in total. The molecular formula is C22H21ClN2O3S. The van der Waals surface area contributed by atoms with Gasteiger partial charge < -0.3 is 19.1 Å². The van der Waals surface area contributed by atoms with E-state index in [0.29, 0.717) is 22.3 Å². The molecule has 1 atom stereocenters. The van der Waals surface area contributed by atoms with Crippen molar-refractivity contribution >= 4 is 34.2 Å². The first-order valence-corrected chi connectivity index (χ1v) is 10.2. The summed E-state index contributed by atoms with van der Waals surface area (Å²) in [6.07, 6.45) is 4.26. The molecule has 0 radical (unpaired) electrons. The van der Waals surface area contributed by atoms with Crippen LogP contribution in [0.3, 0.4) is 0 Å². The second-order valence-corrected chi connectivity index (χ2v) is 8.26. The molecule has 0 saturated carbocycles. The summed E-state index contributed by atoms with van der Waals surface area (Å²) >= 11 is 7.72. The number of benzene rings is 2. The van der Waals surface area contributed by atoms with Crippen LogP contribution >= 0.6 is 23.4 Å². The average Bonchev–Trinajstić information content (AvgIpc) is 3.12. The Kier molecular flexibility index (Phi) is 5.48. The zero-order valence-corrected chi connectivity index (χ0v) is 18.2. The number of thioether (sulfide) groups is 1. The zero-order valence-electron chi connectivity index (χ0n) is 16.6. The van der Waals surface area contributed by atoms with Crippen LogP contribution in [-0.2, 0) is 0 Å². The van der Waals surface area contributed by atoms with Gasteiger partial charge in [-0.3, -0.25) is 0 Å². The van der Waals surface area contributed by atoms with Gasteiger partial charge in [-0.05, 0) is 42.8 Å². The Morgan fingerprint density at radius 2 is 1.66 bits per heavy atom. The fourth-order valence-electron chi connectivity index (χ4n) is 3.43. The molecule has 0 amide bonds. The lowest BCUT2D eigenvalue weighted by atomic mass is 10.00. The highest BCUT2D eigenvalue weighted by atomic mass is 35.5. The molecule has 0 fully saturated rings. The van der Waals surface area contributed by atoms with Crippen molar-refractivity contribution in [1.29, 1.82) is 0 Å². The van der Waals surface area contributed by atoms with Gasteiger partial charge in [-0.15, -0.1) is 0 Å². The summed E-state index contributed by atoms with van der Waals surface area (Å²) in [7, 11) is 4.85. The number of methoxy groups -OCH3 is 3. The third-order valence-electron chi connectivity index (χ3n) is 4.79. The first kappa shape index (κ1) is 19.7. The molecule has 2 aliphatic heterocycles. The van der Waals surface area contributed by atoms with Gasteiger partial charge in [0.1, 0.15) is 0 Å². The maximum absolute atomic E-state index is 6.06. The molecule has 0 aromatic heterocycles. The third-order valence-corrected chi connectivity index (χ3v) is 5.96. The predicted octanol–water partition coefficient (Wildman–Crippen LogP) is 5.73. The number of fused-ring (bicyclic) bond motifs is 1. The molecule has 0 N–H and O–H groups in total. The van der Waals surface area contributed by atoms with Gasteiger partial charge in [0.2, 0.25) is 5.75 Å². The van der Waals surface area contributed by atoms with E-state index >= 15 is 0 Å². The summed E-state index contributed by atoms with van der Waals surface area (Å²) in [5, 5.41) is 1.64. The van der Waals surface area contributed by atoms with Crippen molar-refractivity contribution in [3.63, 3.8) is 0 Å². The number of rotatable bonds is 5. The highest BCUT2D eigenvalue weighted by Gasteiger charge is 2.32. The summed E-state index contributed by atoms with van der Waals surface area (Å²) in [5.41, 5.74) is 2.94. The van der Waals surface area contributed by atoms with Gasteiger partial charge in [0.15, 0.2) is 16.7 Å². The van der Waals surface area contributed by atoms with E-state index in [1.165, 1.54) is 4.91 Å². The molecule has 2 aliphatic rings. The van der Waals surface area contributed by atoms with Gasteiger partial charge in [-0.25, -0.2) is 4.99 Å². The fraction of sp³-hybridized carbons (Fsp3) is 0.227. The van der Waals surface area contributed by atoms with E-state index < -0.39 is 0 Å². The topological polar surface area (TPSA) is 43.3 Å². The molecule has 4 rings (SSSR count). The van der Waals surface area contributed by atoms with Crippen LogP contribution in [0.4, 0.5) is 0 Å². The van der Waals surface area contributed by atoms with Crippen LogP contribution in [0.5, 0.6) is 17.2 Å². The summed E-state index contributed by atoms with van der Waals surface area (Å²) < 4.78 is 16.6. The van der Waals surface area contributed by atoms with E-state index in [9.17, 15) is 0 Å². The van der Waals surface area contributed by atoms with Crippen molar-refractivity contribution in [1.82, 2.24) is 4.90 Å². The fourth-order valence-corrected chi connectivity index (χ4v) is 4.43. The van der Waals surface area contributed by atoms with Gasteiger partial charge in [0, 0.05) is 21.7 Å². The monoisotopic (exact) mass is 428 g/mol. The second kappa shape index (κ2) is 8.05. The van der Waals surface area contributed by atoms with Crippen LogP contribution < -0.4 is 14.2 Å². The number of nitrogens with zero attached hydrogens (tertiary/aromatic N) is 2. The molecule has 2 aromatic rings. The number of amidine groups is 1. The van der Waals surface area contributed by atoms with Crippen molar-refractivity contribution in [3.05, 3.63) is 69.7 Å².